The van der Waals surface area contributed by atoms with Crippen molar-refractivity contribution >= 4 is 14.0 Å². The van der Waals surface area contributed by atoms with E-state index in [4.69, 9.17) is 13.3 Å². The Morgan fingerprint density at radius 2 is 1.21 bits per heavy atom. The molecule has 0 aromatic heterocycles. The van der Waals surface area contributed by atoms with Crippen LogP contribution < -0.4 is 5.19 Å². The van der Waals surface area contributed by atoms with E-state index in [2.05, 4.69) is 6.92 Å². The molecular weight excluding hydrogens is 344 g/mol. The Hall–Kier alpha value is -0.963. The summed E-state index contributed by atoms with van der Waals surface area (Å²) in [5.41, 5.74) is -0.278. The molecule has 0 radical (unpaired) electrons. The number of unbranched alkanes of at least 4 members (excludes halogenated alkanes) is 4. The maximum Gasteiger partial charge on any atom is 0.539 e. The largest absolute Gasteiger partial charge is 0.539 e. The molecular formula is C16H24F4O3Si. The third-order valence-electron chi connectivity index (χ3n) is 4.01. The average Bonchev–Trinajstić information content (AvgIpc) is 2.60. The highest BCUT2D eigenvalue weighted by atomic mass is 28.4. The van der Waals surface area contributed by atoms with E-state index < -0.39 is 37.3 Å². The summed E-state index contributed by atoms with van der Waals surface area (Å²) >= 11 is 0. The maximum atomic E-state index is 14.4. The van der Waals surface area contributed by atoms with Crippen LogP contribution in [-0.2, 0) is 19.7 Å². The Labute approximate surface area is 141 Å². The molecule has 0 saturated heterocycles. The van der Waals surface area contributed by atoms with Gasteiger partial charge >= 0.3 is 8.80 Å². The van der Waals surface area contributed by atoms with Crippen molar-refractivity contribution in [3.8, 4) is 0 Å². The second-order valence-electron chi connectivity index (χ2n) is 5.44. The van der Waals surface area contributed by atoms with Gasteiger partial charge in [-0.25, -0.2) is 17.6 Å². The lowest BCUT2D eigenvalue weighted by atomic mass is 10.0. The smallest absolute Gasteiger partial charge is 0.373 e. The Balaban J connectivity index is 3.33. The van der Waals surface area contributed by atoms with Crippen LogP contribution in [0.4, 0.5) is 17.6 Å². The van der Waals surface area contributed by atoms with E-state index in [1.165, 1.54) is 21.3 Å². The molecule has 0 spiro atoms. The molecule has 1 aromatic carbocycles. The first-order valence-corrected chi connectivity index (χ1v) is 9.63. The van der Waals surface area contributed by atoms with E-state index in [0.717, 1.165) is 25.7 Å². The fourth-order valence-corrected chi connectivity index (χ4v) is 4.79. The fraction of sp³-hybridized carbons (Fsp3) is 0.625. The molecule has 0 aliphatic heterocycles. The number of rotatable bonds is 10. The zero-order valence-corrected chi connectivity index (χ0v) is 15.5. The number of hydrogen-bond acceptors (Lipinski definition) is 3. The molecule has 0 fully saturated rings. The van der Waals surface area contributed by atoms with Crippen molar-refractivity contribution in [2.24, 2.45) is 0 Å². The molecule has 0 aliphatic rings. The normalized spacial score (nSPS) is 12.0. The van der Waals surface area contributed by atoms with Crippen molar-refractivity contribution in [1.82, 2.24) is 0 Å². The van der Waals surface area contributed by atoms with Crippen LogP contribution in [0.5, 0.6) is 0 Å². The van der Waals surface area contributed by atoms with Gasteiger partial charge in [0.25, 0.3) is 0 Å². The third kappa shape index (κ3) is 4.16. The standard InChI is InChI=1S/C16H24F4O3Si/c1-5-6-7-8-9-10-11-12(17)13(18)14(19)15(20)16(11)24(21-2,22-3)23-4/h5-10H2,1-4H3. The van der Waals surface area contributed by atoms with E-state index in [1.807, 2.05) is 0 Å². The molecule has 0 heterocycles. The van der Waals surface area contributed by atoms with Gasteiger partial charge in [-0.15, -0.1) is 0 Å². The van der Waals surface area contributed by atoms with Crippen LogP contribution in [0.3, 0.4) is 0 Å². The van der Waals surface area contributed by atoms with Crippen LogP contribution >= 0.6 is 0 Å². The first kappa shape index (κ1) is 21.1. The van der Waals surface area contributed by atoms with Crippen LogP contribution in [0.2, 0.25) is 0 Å². The quantitative estimate of drug-likeness (QED) is 0.206. The minimum atomic E-state index is -3.87. The number of halogens is 4. The molecule has 8 heteroatoms. The second-order valence-corrected chi connectivity index (χ2v) is 8.28. The monoisotopic (exact) mass is 368 g/mol. The Kier molecular flexibility index (Phi) is 8.35. The van der Waals surface area contributed by atoms with Gasteiger partial charge in [0.05, 0.1) is 5.19 Å². The Morgan fingerprint density at radius 3 is 1.71 bits per heavy atom. The molecule has 138 valence electrons. The van der Waals surface area contributed by atoms with Crippen LogP contribution in [0.1, 0.15) is 44.6 Å². The minimum absolute atomic E-state index is 0.0455. The van der Waals surface area contributed by atoms with Crippen molar-refractivity contribution < 1.29 is 30.8 Å². The predicted octanol–water partition coefficient (Wildman–Crippen LogP) is 3.84. The van der Waals surface area contributed by atoms with Crippen LogP contribution in [-0.4, -0.2) is 30.1 Å². The number of benzene rings is 1. The average molecular weight is 368 g/mol. The van der Waals surface area contributed by atoms with Crippen molar-refractivity contribution in [1.29, 1.82) is 0 Å². The lowest BCUT2D eigenvalue weighted by Crippen LogP contribution is -2.58. The molecule has 0 amide bonds. The van der Waals surface area contributed by atoms with Gasteiger partial charge in [-0.1, -0.05) is 32.6 Å². The van der Waals surface area contributed by atoms with Gasteiger partial charge in [0.15, 0.2) is 23.3 Å². The first-order chi connectivity index (χ1) is 11.4. The zero-order valence-electron chi connectivity index (χ0n) is 14.5. The highest BCUT2D eigenvalue weighted by molar-refractivity contribution is 6.75. The van der Waals surface area contributed by atoms with Gasteiger partial charge in [0.2, 0.25) is 0 Å². The van der Waals surface area contributed by atoms with E-state index in [1.54, 1.807) is 0 Å². The molecule has 24 heavy (non-hydrogen) atoms. The third-order valence-corrected chi connectivity index (χ3v) is 6.75. The SMILES string of the molecule is CCCCCCCc1c(F)c(F)c(F)c(F)c1[Si](OC)(OC)OC. The highest BCUT2D eigenvalue weighted by Gasteiger charge is 2.48. The predicted molar refractivity (Wildman–Crippen MR) is 85.2 cm³/mol. The minimum Gasteiger partial charge on any atom is -0.373 e. The van der Waals surface area contributed by atoms with E-state index in [9.17, 15) is 17.6 Å². The van der Waals surface area contributed by atoms with E-state index in [-0.39, 0.29) is 12.0 Å². The molecule has 0 saturated carbocycles. The number of hydrogen-bond donors (Lipinski definition) is 0. The zero-order chi connectivity index (χ0) is 18.3. The molecule has 0 unspecified atom stereocenters. The van der Waals surface area contributed by atoms with E-state index >= 15 is 0 Å². The van der Waals surface area contributed by atoms with Gasteiger partial charge in [0.1, 0.15) is 0 Å². The van der Waals surface area contributed by atoms with Crippen molar-refractivity contribution in [3.63, 3.8) is 0 Å². The molecule has 0 aliphatic carbocycles. The van der Waals surface area contributed by atoms with E-state index in [0.29, 0.717) is 6.42 Å². The molecule has 0 N–H and O–H groups in total. The summed E-state index contributed by atoms with van der Waals surface area (Å²) in [6.07, 6.45) is 4.32. The summed E-state index contributed by atoms with van der Waals surface area (Å²) in [6.45, 7) is 2.05. The first-order valence-electron chi connectivity index (χ1n) is 7.90. The van der Waals surface area contributed by atoms with Crippen LogP contribution in [0.15, 0.2) is 0 Å². The lowest BCUT2D eigenvalue weighted by molar-refractivity contribution is 0.138. The summed E-state index contributed by atoms with van der Waals surface area (Å²) in [6, 6.07) is 0. The summed E-state index contributed by atoms with van der Waals surface area (Å²) < 4.78 is 71.5. The summed E-state index contributed by atoms with van der Waals surface area (Å²) in [5, 5.41) is -0.470. The molecule has 0 atom stereocenters. The summed E-state index contributed by atoms with van der Waals surface area (Å²) in [4.78, 5) is 0. The molecule has 1 aromatic rings. The molecule has 1 rings (SSSR count). The lowest BCUT2D eigenvalue weighted by Gasteiger charge is -2.27. The second kappa shape index (κ2) is 9.50. The van der Waals surface area contributed by atoms with Crippen molar-refractivity contribution in [2.45, 2.75) is 45.4 Å². The van der Waals surface area contributed by atoms with Crippen LogP contribution in [0.25, 0.3) is 0 Å². The fourth-order valence-electron chi connectivity index (χ4n) is 2.69. The van der Waals surface area contributed by atoms with Crippen LogP contribution in [0, 0.1) is 23.3 Å². The summed E-state index contributed by atoms with van der Waals surface area (Å²) in [5.74, 6) is -6.65. The van der Waals surface area contributed by atoms with Gasteiger partial charge in [-0.05, 0) is 12.8 Å². The Morgan fingerprint density at radius 1 is 0.708 bits per heavy atom. The van der Waals surface area contributed by atoms with Crippen molar-refractivity contribution in [3.05, 3.63) is 28.8 Å². The van der Waals surface area contributed by atoms with Gasteiger partial charge in [-0.3, -0.25) is 0 Å². The van der Waals surface area contributed by atoms with Gasteiger partial charge in [0, 0.05) is 26.9 Å². The topological polar surface area (TPSA) is 27.7 Å². The Bertz CT molecular complexity index is 543. The van der Waals surface area contributed by atoms with Crippen molar-refractivity contribution in [2.75, 3.05) is 21.3 Å². The molecule has 0 bridgehead atoms. The van der Waals surface area contributed by atoms with Gasteiger partial charge in [-0.2, -0.15) is 0 Å². The summed E-state index contributed by atoms with van der Waals surface area (Å²) in [7, 11) is -0.274. The molecule has 3 nitrogen and oxygen atoms in total. The van der Waals surface area contributed by atoms with Gasteiger partial charge < -0.3 is 13.3 Å². The maximum absolute atomic E-state index is 14.4. The highest BCUT2D eigenvalue weighted by Crippen LogP contribution is 2.23.